The van der Waals surface area contributed by atoms with Crippen LogP contribution in [-0.4, -0.2) is 11.3 Å². The zero-order valence-electron chi connectivity index (χ0n) is 9.15. The fourth-order valence-electron chi connectivity index (χ4n) is 2.10. The van der Waals surface area contributed by atoms with Crippen LogP contribution in [0.4, 0.5) is 0 Å². The highest BCUT2D eigenvalue weighted by Gasteiger charge is 2.10. The van der Waals surface area contributed by atoms with Crippen LogP contribution in [0.2, 0.25) is 0 Å². The Kier molecular flexibility index (Phi) is 2.92. The van der Waals surface area contributed by atoms with Gasteiger partial charge in [-0.2, -0.15) is 0 Å². The molecule has 1 heterocycles. The maximum atomic E-state index is 11.2. The molecule has 0 atom stereocenters. The van der Waals surface area contributed by atoms with E-state index in [9.17, 15) is 4.79 Å². The standard InChI is InChI=1S/C14H7Br2NO/c15-8-5-11-9-3-1-2-4-10(9)13(7-18)17-14(11)12(16)6-8/h1-7H. The molecular formula is C14H7Br2NO. The molecule has 4 heteroatoms. The van der Waals surface area contributed by atoms with Gasteiger partial charge in [-0.25, -0.2) is 4.98 Å². The second kappa shape index (κ2) is 4.44. The van der Waals surface area contributed by atoms with E-state index in [1.807, 2.05) is 36.4 Å². The van der Waals surface area contributed by atoms with Crippen LogP contribution in [0.3, 0.4) is 0 Å². The molecule has 0 saturated carbocycles. The number of carbonyl (C=O) groups excluding carboxylic acids is 1. The molecule has 0 N–H and O–H groups in total. The second-order valence-corrected chi connectivity index (χ2v) is 5.71. The van der Waals surface area contributed by atoms with Gasteiger partial charge in [0, 0.05) is 19.7 Å². The number of halogens is 2. The summed E-state index contributed by atoms with van der Waals surface area (Å²) in [6.07, 6.45) is 0.802. The zero-order chi connectivity index (χ0) is 12.7. The Bertz CT molecular complexity index is 783. The molecule has 3 aromatic rings. The van der Waals surface area contributed by atoms with Gasteiger partial charge < -0.3 is 0 Å². The summed E-state index contributed by atoms with van der Waals surface area (Å²) in [6.45, 7) is 0. The summed E-state index contributed by atoms with van der Waals surface area (Å²) >= 11 is 6.97. The van der Waals surface area contributed by atoms with E-state index in [0.717, 1.165) is 36.9 Å². The Hall–Kier alpha value is -1.26. The lowest BCUT2D eigenvalue weighted by atomic mass is 10.0. The van der Waals surface area contributed by atoms with Crippen LogP contribution in [-0.2, 0) is 0 Å². The number of carbonyl (C=O) groups is 1. The molecule has 0 unspecified atom stereocenters. The van der Waals surface area contributed by atoms with Crippen molar-refractivity contribution < 1.29 is 4.79 Å². The lowest BCUT2D eigenvalue weighted by Crippen LogP contribution is -1.92. The molecule has 0 aliphatic heterocycles. The van der Waals surface area contributed by atoms with Gasteiger partial charge in [-0.1, -0.05) is 40.2 Å². The summed E-state index contributed by atoms with van der Waals surface area (Å²) in [4.78, 5) is 15.6. The van der Waals surface area contributed by atoms with Gasteiger partial charge in [-0.05, 0) is 33.4 Å². The number of hydrogen-bond donors (Lipinski definition) is 0. The number of aromatic nitrogens is 1. The van der Waals surface area contributed by atoms with Gasteiger partial charge in [0.2, 0.25) is 0 Å². The topological polar surface area (TPSA) is 30.0 Å². The summed E-state index contributed by atoms with van der Waals surface area (Å²) in [7, 11) is 0. The van der Waals surface area contributed by atoms with Crippen LogP contribution in [0.5, 0.6) is 0 Å². The van der Waals surface area contributed by atoms with Crippen molar-refractivity contribution in [1.29, 1.82) is 0 Å². The third kappa shape index (κ3) is 1.76. The normalized spacial score (nSPS) is 11.0. The van der Waals surface area contributed by atoms with Crippen molar-refractivity contribution in [2.75, 3.05) is 0 Å². The maximum absolute atomic E-state index is 11.2. The first-order chi connectivity index (χ1) is 8.70. The van der Waals surface area contributed by atoms with Crippen LogP contribution < -0.4 is 0 Å². The van der Waals surface area contributed by atoms with Crippen LogP contribution >= 0.6 is 31.9 Å². The van der Waals surface area contributed by atoms with Crippen LogP contribution in [0.25, 0.3) is 21.7 Å². The lowest BCUT2D eigenvalue weighted by Gasteiger charge is -2.07. The second-order valence-electron chi connectivity index (χ2n) is 3.94. The van der Waals surface area contributed by atoms with E-state index < -0.39 is 0 Å². The van der Waals surface area contributed by atoms with Crippen LogP contribution in [0.15, 0.2) is 45.3 Å². The number of aldehydes is 1. The minimum Gasteiger partial charge on any atom is -0.296 e. The Morgan fingerprint density at radius 3 is 2.44 bits per heavy atom. The molecule has 0 aliphatic rings. The lowest BCUT2D eigenvalue weighted by molar-refractivity contribution is 0.112. The molecule has 2 nitrogen and oxygen atoms in total. The minimum atomic E-state index is 0.473. The third-order valence-corrected chi connectivity index (χ3v) is 3.93. The Morgan fingerprint density at radius 2 is 1.72 bits per heavy atom. The molecule has 0 saturated heterocycles. The number of rotatable bonds is 1. The first-order valence-corrected chi connectivity index (χ1v) is 6.92. The summed E-state index contributed by atoms with van der Waals surface area (Å²) in [6, 6.07) is 11.7. The van der Waals surface area contributed by atoms with Crippen molar-refractivity contribution in [2.45, 2.75) is 0 Å². The molecule has 0 bridgehead atoms. The monoisotopic (exact) mass is 363 g/mol. The van der Waals surface area contributed by atoms with Gasteiger partial charge in [0.15, 0.2) is 6.29 Å². The highest BCUT2D eigenvalue weighted by Crippen LogP contribution is 2.32. The van der Waals surface area contributed by atoms with Gasteiger partial charge in [0.1, 0.15) is 5.69 Å². The van der Waals surface area contributed by atoms with Crippen LogP contribution in [0.1, 0.15) is 10.5 Å². The Labute approximate surface area is 120 Å². The maximum Gasteiger partial charge on any atom is 0.169 e. The van der Waals surface area contributed by atoms with Crippen molar-refractivity contribution in [3.8, 4) is 0 Å². The molecule has 0 aliphatic carbocycles. The molecule has 18 heavy (non-hydrogen) atoms. The number of fused-ring (bicyclic) bond motifs is 3. The fraction of sp³-hybridized carbons (Fsp3) is 0. The quantitative estimate of drug-likeness (QED) is 0.461. The first-order valence-electron chi connectivity index (χ1n) is 5.33. The van der Waals surface area contributed by atoms with Gasteiger partial charge in [0.25, 0.3) is 0 Å². The van der Waals surface area contributed by atoms with Crippen molar-refractivity contribution >= 4 is 59.8 Å². The molecule has 88 valence electrons. The summed E-state index contributed by atoms with van der Waals surface area (Å²) < 4.78 is 1.86. The van der Waals surface area contributed by atoms with E-state index in [1.54, 1.807) is 0 Å². The van der Waals surface area contributed by atoms with Crippen LogP contribution in [0, 0.1) is 0 Å². The van der Waals surface area contributed by atoms with Crippen molar-refractivity contribution in [1.82, 2.24) is 4.98 Å². The highest BCUT2D eigenvalue weighted by molar-refractivity contribution is 9.11. The number of benzene rings is 2. The summed E-state index contributed by atoms with van der Waals surface area (Å²) in [5, 5.41) is 2.94. The highest BCUT2D eigenvalue weighted by atomic mass is 79.9. The zero-order valence-corrected chi connectivity index (χ0v) is 12.3. The molecule has 0 radical (unpaired) electrons. The molecule has 0 fully saturated rings. The molecule has 2 aromatic carbocycles. The van der Waals surface area contributed by atoms with Gasteiger partial charge >= 0.3 is 0 Å². The number of pyridine rings is 1. The Morgan fingerprint density at radius 1 is 1.00 bits per heavy atom. The minimum absolute atomic E-state index is 0.473. The van der Waals surface area contributed by atoms with E-state index >= 15 is 0 Å². The van der Waals surface area contributed by atoms with E-state index in [-0.39, 0.29) is 0 Å². The van der Waals surface area contributed by atoms with Crippen molar-refractivity contribution in [3.63, 3.8) is 0 Å². The summed E-state index contributed by atoms with van der Waals surface area (Å²) in [5.74, 6) is 0. The fourth-order valence-corrected chi connectivity index (χ4v) is 3.41. The van der Waals surface area contributed by atoms with E-state index in [0.29, 0.717) is 5.69 Å². The van der Waals surface area contributed by atoms with Crippen molar-refractivity contribution in [3.05, 3.63) is 51.0 Å². The average Bonchev–Trinajstić information content (AvgIpc) is 2.38. The molecular weight excluding hydrogens is 358 g/mol. The third-order valence-electron chi connectivity index (χ3n) is 2.87. The number of nitrogens with zero attached hydrogens (tertiary/aromatic N) is 1. The molecule has 0 amide bonds. The van der Waals surface area contributed by atoms with Gasteiger partial charge in [0.05, 0.1) is 5.52 Å². The predicted molar refractivity (Wildman–Crippen MR) is 80.0 cm³/mol. The van der Waals surface area contributed by atoms with Gasteiger partial charge in [-0.15, -0.1) is 0 Å². The molecule has 0 spiro atoms. The Balaban J connectivity index is 2.63. The first kappa shape index (κ1) is 11.8. The smallest absolute Gasteiger partial charge is 0.169 e. The summed E-state index contributed by atoms with van der Waals surface area (Å²) in [5.41, 5.74) is 1.28. The molecule has 1 aromatic heterocycles. The predicted octanol–water partition coefficient (Wildman–Crippen LogP) is 4.73. The van der Waals surface area contributed by atoms with E-state index in [4.69, 9.17) is 0 Å². The van der Waals surface area contributed by atoms with E-state index in [2.05, 4.69) is 36.8 Å². The number of hydrogen-bond acceptors (Lipinski definition) is 2. The largest absolute Gasteiger partial charge is 0.296 e. The molecule has 3 rings (SSSR count). The van der Waals surface area contributed by atoms with E-state index in [1.165, 1.54) is 0 Å². The van der Waals surface area contributed by atoms with Gasteiger partial charge in [-0.3, -0.25) is 4.79 Å². The SMILES string of the molecule is O=Cc1nc2c(Br)cc(Br)cc2c2ccccc12. The average molecular weight is 365 g/mol. The van der Waals surface area contributed by atoms with Crippen molar-refractivity contribution in [2.24, 2.45) is 0 Å².